The summed E-state index contributed by atoms with van der Waals surface area (Å²) in [4.78, 5) is 23.1. The molecule has 0 unspecified atom stereocenters. The average molecular weight is 265 g/mol. The zero-order valence-corrected chi connectivity index (χ0v) is 9.90. The first-order chi connectivity index (χ1) is 8.66. The number of carbonyl (C=O) groups is 2. The number of halogens is 1. The quantitative estimate of drug-likeness (QED) is 0.815. The molecule has 0 atom stereocenters. The minimum absolute atomic E-state index is 0.325. The number of benzene rings is 1. The lowest BCUT2D eigenvalue weighted by atomic mass is 10.2. The first-order valence-corrected chi connectivity index (χ1v) is 5.43. The lowest BCUT2D eigenvalue weighted by Crippen LogP contribution is -2.41. The van der Waals surface area contributed by atoms with Crippen molar-refractivity contribution < 1.29 is 14.0 Å². The first-order valence-electron chi connectivity index (χ1n) is 5.05. The van der Waals surface area contributed by atoms with Crippen LogP contribution >= 0.6 is 11.6 Å². The van der Waals surface area contributed by atoms with Crippen LogP contribution in [0.15, 0.2) is 47.3 Å². The van der Waals surface area contributed by atoms with E-state index >= 15 is 0 Å². The van der Waals surface area contributed by atoms with Crippen molar-refractivity contribution in [2.45, 2.75) is 0 Å². The Morgan fingerprint density at radius 2 is 1.56 bits per heavy atom. The summed E-state index contributed by atoms with van der Waals surface area (Å²) >= 11 is 5.70. The van der Waals surface area contributed by atoms with Crippen molar-refractivity contribution in [1.29, 1.82) is 0 Å². The van der Waals surface area contributed by atoms with E-state index in [2.05, 4.69) is 10.9 Å². The molecule has 0 aliphatic carbocycles. The van der Waals surface area contributed by atoms with Crippen LogP contribution in [0.2, 0.25) is 5.02 Å². The van der Waals surface area contributed by atoms with Crippen molar-refractivity contribution in [1.82, 2.24) is 10.9 Å². The standard InChI is InChI=1S/C12H9ClN2O3/c13-10-3-1-8(2-4-10)11(16)14-15-12(17)9-5-6-18-7-9/h1-7H,(H,14,16)(H,15,17). The van der Waals surface area contributed by atoms with Gasteiger partial charge in [-0.2, -0.15) is 0 Å². The smallest absolute Gasteiger partial charge is 0.272 e. The number of hydrazine groups is 1. The molecular weight excluding hydrogens is 256 g/mol. The van der Waals surface area contributed by atoms with Crippen molar-refractivity contribution >= 4 is 23.4 Å². The van der Waals surface area contributed by atoms with Gasteiger partial charge in [0.2, 0.25) is 0 Å². The predicted molar refractivity (Wildman–Crippen MR) is 65.1 cm³/mol. The van der Waals surface area contributed by atoms with Gasteiger partial charge in [0, 0.05) is 10.6 Å². The van der Waals surface area contributed by atoms with E-state index in [-0.39, 0.29) is 0 Å². The number of hydrogen-bond acceptors (Lipinski definition) is 3. The van der Waals surface area contributed by atoms with Crippen LogP contribution in [0.5, 0.6) is 0 Å². The zero-order valence-electron chi connectivity index (χ0n) is 9.14. The van der Waals surface area contributed by atoms with Gasteiger partial charge in [-0.05, 0) is 30.3 Å². The van der Waals surface area contributed by atoms with Crippen LogP contribution in [0.25, 0.3) is 0 Å². The maximum atomic E-state index is 11.6. The molecule has 0 saturated carbocycles. The lowest BCUT2D eigenvalue weighted by molar-refractivity contribution is 0.0846. The topological polar surface area (TPSA) is 71.3 Å². The second-order valence-corrected chi connectivity index (χ2v) is 3.86. The number of furan rings is 1. The Morgan fingerprint density at radius 3 is 2.11 bits per heavy atom. The van der Waals surface area contributed by atoms with Crippen molar-refractivity contribution in [3.8, 4) is 0 Å². The van der Waals surface area contributed by atoms with E-state index < -0.39 is 11.8 Å². The van der Waals surface area contributed by atoms with Crippen LogP contribution < -0.4 is 10.9 Å². The first kappa shape index (κ1) is 12.2. The van der Waals surface area contributed by atoms with Gasteiger partial charge in [-0.3, -0.25) is 20.4 Å². The highest BCUT2D eigenvalue weighted by Gasteiger charge is 2.09. The molecule has 2 rings (SSSR count). The second kappa shape index (κ2) is 5.37. The van der Waals surface area contributed by atoms with Gasteiger partial charge in [-0.1, -0.05) is 11.6 Å². The van der Waals surface area contributed by atoms with Gasteiger partial charge >= 0.3 is 0 Å². The molecule has 1 aromatic carbocycles. The van der Waals surface area contributed by atoms with Crippen molar-refractivity contribution in [2.24, 2.45) is 0 Å². The van der Waals surface area contributed by atoms with Gasteiger partial charge in [0.05, 0.1) is 11.8 Å². The molecule has 6 heteroatoms. The molecule has 2 N–H and O–H groups in total. The molecule has 0 radical (unpaired) electrons. The van der Waals surface area contributed by atoms with Gasteiger partial charge in [0.1, 0.15) is 6.26 Å². The summed E-state index contributed by atoms with van der Waals surface area (Å²) in [5.74, 6) is -0.880. The van der Waals surface area contributed by atoms with Crippen molar-refractivity contribution in [2.75, 3.05) is 0 Å². The average Bonchev–Trinajstić information content (AvgIpc) is 2.90. The molecule has 0 fully saturated rings. The largest absolute Gasteiger partial charge is 0.472 e. The number of rotatable bonds is 2. The highest BCUT2D eigenvalue weighted by molar-refractivity contribution is 6.30. The third-order valence-electron chi connectivity index (χ3n) is 2.18. The Balaban J connectivity index is 1.92. The Labute approximate surface area is 108 Å². The number of carbonyl (C=O) groups excluding carboxylic acids is 2. The number of amides is 2. The summed E-state index contributed by atoms with van der Waals surface area (Å²) in [5, 5.41) is 0.536. The molecule has 2 amide bonds. The second-order valence-electron chi connectivity index (χ2n) is 3.43. The van der Waals surface area contributed by atoms with Crippen molar-refractivity contribution in [3.63, 3.8) is 0 Å². The van der Waals surface area contributed by atoms with Gasteiger partial charge in [0.15, 0.2) is 0 Å². The molecule has 5 nitrogen and oxygen atoms in total. The predicted octanol–water partition coefficient (Wildman–Crippen LogP) is 2.01. The monoisotopic (exact) mass is 264 g/mol. The number of hydrogen-bond donors (Lipinski definition) is 2. The normalized spacial score (nSPS) is 9.83. The highest BCUT2D eigenvalue weighted by Crippen LogP contribution is 2.09. The molecule has 2 aromatic rings. The van der Waals surface area contributed by atoms with Crippen LogP contribution in [-0.2, 0) is 0 Å². The van der Waals surface area contributed by atoms with E-state index in [9.17, 15) is 9.59 Å². The van der Waals surface area contributed by atoms with E-state index in [0.29, 0.717) is 16.1 Å². The van der Waals surface area contributed by atoms with Crippen LogP contribution in [0.4, 0.5) is 0 Å². The Morgan fingerprint density at radius 1 is 0.944 bits per heavy atom. The molecule has 92 valence electrons. The third-order valence-corrected chi connectivity index (χ3v) is 2.43. The minimum atomic E-state index is -0.453. The third kappa shape index (κ3) is 2.89. The molecular formula is C12H9ClN2O3. The molecule has 0 bridgehead atoms. The molecule has 18 heavy (non-hydrogen) atoms. The molecule has 0 aliphatic rings. The molecule has 1 aromatic heterocycles. The lowest BCUT2D eigenvalue weighted by Gasteiger charge is -2.06. The summed E-state index contributed by atoms with van der Waals surface area (Å²) < 4.78 is 4.75. The van der Waals surface area contributed by atoms with Gasteiger partial charge in [0.25, 0.3) is 11.8 Å². The van der Waals surface area contributed by atoms with E-state index in [1.54, 1.807) is 24.3 Å². The summed E-state index contributed by atoms with van der Waals surface area (Å²) in [6, 6.07) is 7.79. The van der Waals surface area contributed by atoms with Crippen LogP contribution in [0, 0.1) is 0 Å². The number of nitrogens with one attached hydrogen (secondary N) is 2. The van der Waals surface area contributed by atoms with Crippen LogP contribution in [0.1, 0.15) is 20.7 Å². The van der Waals surface area contributed by atoms with Gasteiger partial charge in [-0.15, -0.1) is 0 Å². The zero-order chi connectivity index (χ0) is 13.0. The molecule has 0 saturated heterocycles. The maximum Gasteiger partial charge on any atom is 0.272 e. The van der Waals surface area contributed by atoms with E-state index in [0.717, 1.165) is 0 Å². The fraction of sp³-hybridized carbons (Fsp3) is 0. The molecule has 0 aliphatic heterocycles. The van der Waals surface area contributed by atoms with Crippen molar-refractivity contribution in [3.05, 3.63) is 59.0 Å². The highest BCUT2D eigenvalue weighted by atomic mass is 35.5. The van der Waals surface area contributed by atoms with E-state index in [1.165, 1.54) is 18.6 Å². The fourth-order valence-electron chi connectivity index (χ4n) is 1.25. The summed E-state index contributed by atoms with van der Waals surface area (Å²) in [5.41, 5.74) is 5.27. The summed E-state index contributed by atoms with van der Waals surface area (Å²) in [6.45, 7) is 0. The molecule has 0 spiro atoms. The van der Waals surface area contributed by atoms with E-state index in [1.807, 2.05) is 0 Å². The SMILES string of the molecule is O=C(NNC(=O)c1ccoc1)c1ccc(Cl)cc1. The maximum absolute atomic E-state index is 11.6. The Hall–Kier alpha value is -2.27. The minimum Gasteiger partial charge on any atom is -0.472 e. The van der Waals surface area contributed by atoms with E-state index in [4.69, 9.17) is 16.0 Å². The summed E-state index contributed by atoms with van der Waals surface area (Å²) in [6.07, 6.45) is 2.65. The van der Waals surface area contributed by atoms with Gasteiger partial charge in [-0.25, -0.2) is 0 Å². The van der Waals surface area contributed by atoms with Crippen LogP contribution in [-0.4, -0.2) is 11.8 Å². The molecule has 1 heterocycles. The Kier molecular flexibility index (Phi) is 3.64. The summed E-state index contributed by atoms with van der Waals surface area (Å²) in [7, 11) is 0. The van der Waals surface area contributed by atoms with Gasteiger partial charge < -0.3 is 4.42 Å². The van der Waals surface area contributed by atoms with Crippen LogP contribution in [0.3, 0.4) is 0 Å². The fourth-order valence-corrected chi connectivity index (χ4v) is 1.38. The Bertz CT molecular complexity index is 549.